The fraction of sp³-hybridized carbons (Fsp3) is 0.292. The highest BCUT2D eigenvalue weighted by Crippen LogP contribution is 2.32. The molecule has 34 heavy (non-hydrogen) atoms. The third-order valence-electron chi connectivity index (χ3n) is 6.49. The highest BCUT2D eigenvalue weighted by atomic mass is 32.2. The molecule has 5 rings (SSSR count). The van der Waals surface area contributed by atoms with E-state index < -0.39 is 15.6 Å². The number of aliphatic imine (C=N–C) groups is 1. The van der Waals surface area contributed by atoms with Crippen LogP contribution in [0.2, 0.25) is 0 Å². The third kappa shape index (κ3) is 4.14. The van der Waals surface area contributed by atoms with E-state index in [1.165, 1.54) is 16.4 Å². The lowest BCUT2D eigenvalue weighted by Crippen LogP contribution is -2.50. The molecule has 2 aliphatic rings. The van der Waals surface area contributed by atoms with Gasteiger partial charge in [0, 0.05) is 34.8 Å². The van der Waals surface area contributed by atoms with Gasteiger partial charge in [-0.05, 0) is 49.1 Å². The number of nitrogens with one attached hydrogen (secondary N) is 1. The second-order valence-electron chi connectivity index (χ2n) is 8.50. The van der Waals surface area contributed by atoms with Gasteiger partial charge in [0.05, 0.1) is 11.3 Å². The molecule has 1 fully saturated rings. The first-order valence-electron chi connectivity index (χ1n) is 11.0. The van der Waals surface area contributed by atoms with Crippen LogP contribution < -0.4 is 10.3 Å². The Labute approximate surface area is 196 Å². The molecule has 0 radical (unpaired) electrons. The molecule has 0 bridgehead atoms. The Morgan fingerprint density at radius 2 is 1.88 bits per heavy atom. The molecule has 3 aromatic rings. The lowest BCUT2D eigenvalue weighted by atomic mass is 9.89. The smallest absolute Gasteiger partial charge is 0.253 e. The summed E-state index contributed by atoms with van der Waals surface area (Å²) in [5, 5.41) is 3.71. The second kappa shape index (κ2) is 8.77. The highest BCUT2D eigenvalue weighted by molar-refractivity contribution is 7.89. The van der Waals surface area contributed by atoms with Crippen LogP contribution in [0.5, 0.6) is 5.75 Å². The van der Waals surface area contributed by atoms with Crippen LogP contribution >= 0.6 is 0 Å². The van der Waals surface area contributed by atoms with Gasteiger partial charge in [-0.3, -0.25) is 19.7 Å². The summed E-state index contributed by atoms with van der Waals surface area (Å²) >= 11 is 0. The number of carbonyl (C=O) groups excluding carboxylic acids is 1. The molecule has 1 amide bonds. The first-order chi connectivity index (χ1) is 16.4. The van der Waals surface area contributed by atoms with Crippen molar-refractivity contribution >= 4 is 32.7 Å². The van der Waals surface area contributed by atoms with Crippen molar-refractivity contribution in [1.82, 2.24) is 14.6 Å². The molecule has 3 heterocycles. The zero-order valence-electron chi connectivity index (χ0n) is 18.3. The molecule has 1 N–H and O–H groups in total. The zero-order valence-corrected chi connectivity index (χ0v) is 19.1. The normalized spacial score (nSPS) is 18.1. The molecular weight excluding hydrogens is 459 g/mol. The number of aromatic nitrogens is 1. The maximum absolute atomic E-state index is 13.1. The molecule has 2 aliphatic heterocycles. The molecule has 0 saturated carbocycles. The summed E-state index contributed by atoms with van der Waals surface area (Å²) in [6.45, 7) is 0.411. The largest absolute Gasteiger partial charge is 0.308 e. The van der Waals surface area contributed by atoms with Crippen LogP contribution in [0.25, 0.3) is 10.9 Å². The Hall–Kier alpha value is -3.37. The van der Waals surface area contributed by atoms with Crippen molar-refractivity contribution in [3.8, 4) is 5.75 Å². The molecule has 10 heteroatoms. The van der Waals surface area contributed by atoms with Crippen molar-refractivity contribution in [2.75, 3.05) is 18.8 Å². The Bertz CT molecular complexity index is 1380. The summed E-state index contributed by atoms with van der Waals surface area (Å²) in [5.74, 6) is 0.0579. The van der Waals surface area contributed by atoms with Crippen molar-refractivity contribution < 1.29 is 22.7 Å². The van der Waals surface area contributed by atoms with E-state index in [0.717, 1.165) is 16.5 Å². The molecule has 176 valence electrons. The second-order valence-corrected chi connectivity index (χ2v) is 10.6. The van der Waals surface area contributed by atoms with Crippen LogP contribution in [-0.4, -0.2) is 53.8 Å². The standard InChI is InChI=1S/C24H23FN4O4S/c25-33-19-6-1-5-18(16-19)22-27-23(30)24(28-22)10-13-29(14-11-24)34(31,32)15-9-17-4-2-8-21-20(17)7-3-12-26-21/h1-8,12,16H,9-11,13-15H2,(H,27,28,30). The van der Waals surface area contributed by atoms with Gasteiger partial charge in [0.15, 0.2) is 5.75 Å². The molecule has 8 nitrogen and oxygen atoms in total. The minimum absolute atomic E-state index is 0.0123. The third-order valence-corrected chi connectivity index (χ3v) is 8.36. The number of pyridine rings is 1. The van der Waals surface area contributed by atoms with Crippen LogP contribution in [0.1, 0.15) is 24.0 Å². The minimum Gasteiger partial charge on any atom is -0.308 e. The van der Waals surface area contributed by atoms with Gasteiger partial charge in [0.25, 0.3) is 5.91 Å². The van der Waals surface area contributed by atoms with Gasteiger partial charge in [-0.15, -0.1) is 0 Å². The van der Waals surface area contributed by atoms with Gasteiger partial charge in [-0.1, -0.05) is 30.3 Å². The zero-order chi connectivity index (χ0) is 23.8. The number of aryl methyl sites for hydroxylation is 1. The maximum Gasteiger partial charge on any atom is 0.253 e. The van der Waals surface area contributed by atoms with Gasteiger partial charge in [0.2, 0.25) is 10.0 Å². The predicted molar refractivity (Wildman–Crippen MR) is 126 cm³/mol. The number of halogens is 1. The minimum atomic E-state index is -3.51. The fourth-order valence-corrected chi connectivity index (χ4v) is 6.05. The van der Waals surface area contributed by atoms with Crippen molar-refractivity contribution in [2.24, 2.45) is 4.99 Å². The molecule has 1 spiro atoms. The van der Waals surface area contributed by atoms with Crippen molar-refractivity contribution in [1.29, 1.82) is 0 Å². The van der Waals surface area contributed by atoms with Gasteiger partial charge in [-0.2, -0.15) is 0 Å². The van der Waals surface area contributed by atoms with E-state index in [1.807, 2.05) is 30.3 Å². The number of benzene rings is 2. The van der Waals surface area contributed by atoms with Crippen LogP contribution in [0.4, 0.5) is 4.53 Å². The lowest BCUT2D eigenvalue weighted by Gasteiger charge is -2.34. The van der Waals surface area contributed by atoms with Gasteiger partial charge >= 0.3 is 0 Å². The molecule has 0 unspecified atom stereocenters. The van der Waals surface area contributed by atoms with E-state index in [9.17, 15) is 17.7 Å². The SMILES string of the molecule is O=C1NC(c2cccc(OF)c2)=NC12CCN(S(=O)(=O)CCc1cccc3ncccc13)CC2. The molecule has 0 atom stereocenters. The number of carbonyl (C=O) groups is 1. The first kappa shape index (κ1) is 22.4. The first-order valence-corrected chi connectivity index (χ1v) is 12.6. The summed E-state index contributed by atoms with van der Waals surface area (Å²) in [4.78, 5) is 25.5. The molecule has 1 saturated heterocycles. The molecule has 0 aliphatic carbocycles. The fourth-order valence-electron chi connectivity index (χ4n) is 4.57. The van der Waals surface area contributed by atoms with Crippen LogP contribution in [0.3, 0.4) is 0 Å². The Morgan fingerprint density at radius 3 is 2.68 bits per heavy atom. The summed E-state index contributed by atoms with van der Waals surface area (Å²) in [6.07, 6.45) is 2.64. The topological polar surface area (TPSA) is 101 Å². The number of piperidine rings is 1. The van der Waals surface area contributed by atoms with Crippen LogP contribution in [-0.2, 0) is 21.2 Å². The molecular formula is C24H23FN4O4S. The quantitative estimate of drug-likeness (QED) is 0.582. The Morgan fingerprint density at radius 1 is 1.09 bits per heavy atom. The summed E-state index contributed by atoms with van der Waals surface area (Å²) in [5.41, 5.74) is 1.28. The van der Waals surface area contributed by atoms with E-state index in [0.29, 0.717) is 17.8 Å². The Kier molecular flexibility index (Phi) is 5.78. The van der Waals surface area contributed by atoms with Gasteiger partial charge in [-0.25, -0.2) is 12.7 Å². The van der Waals surface area contributed by atoms with Crippen molar-refractivity contribution in [3.63, 3.8) is 0 Å². The highest BCUT2D eigenvalue weighted by Gasteiger charge is 2.47. The number of hydrogen-bond donors (Lipinski definition) is 1. The van der Waals surface area contributed by atoms with E-state index in [1.54, 1.807) is 18.3 Å². The van der Waals surface area contributed by atoms with Crippen molar-refractivity contribution in [2.45, 2.75) is 24.8 Å². The van der Waals surface area contributed by atoms with Crippen molar-refractivity contribution in [3.05, 3.63) is 71.9 Å². The van der Waals surface area contributed by atoms with Gasteiger partial charge < -0.3 is 5.32 Å². The molecule has 2 aromatic carbocycles. The summed E-state index contributed by atoms with van der Waals surface area (Å²) in [7, 11) is -3.51. The number of rotatable bonds is 6. The lowest BCUT2D eigenvalue weighted by molar-refractivity contribution is -0.124. The number of hydrogen-bond acceptors (Lipinski definition) is 6. The van der Waals surface area contributed by atoms with E-state index in [-0.39, 0.29) is 43.3 Å². The summed E-state index contributed by atoms with van der Waals surface area (Å²) in [6, 6.07) is 15.7. The number of nitrogens with zero attached hydrogens (tertiary/aromatic N) is 3. The maximum atomic E-state index is 13.1. The van der Waals surface area contributed by atoms with E-state index >= 15 is 0 Å². The average Bonchev–Trinajstić information content (AvgIpc) is 3.18. The summed E-state index contributed by atoms with van der Waals surface area (Å²) < 4.78 is 40.1. The number of sulfonamides is 1. The monoisotopic (exact) mass is 482 g/mol. The van der Waals surface area contributed by atoms with E-state index in [2.05, 4.69) is 20.2 Å². The van der Waals surface area contributed by atoms with E-state index in [4.69, 9.17) is 0 Å². The number of fused-ring (bicyclic) bond motifs is 1. The predicted octanol–water partition coefficient (Wildman–Crippen LogP) is 2.78. The Balaban J connectivity index is 1.27. The van der Waals surface area contributed by atoms with Crippen LogP contribution in [0.15, 0.2) is 65.8 Å². The molecule has 1 aromatic heterocycles. The van der Waals surface area contributed by atoms with Gasteiger partial charge in [0.1, 0.15) is 11.4 Å². The average molecular weight is 483 g/mol. The number of amides is 1. The van der Waals surface area contributed by atoms with Crippen LogP contribution in [0, 0.1) is 0 Å². The number of amidine groups is 1.